The number of nitrogens with one attached hydrogen (secondary N) is 1. The van der Waals surface area contributed by atoms with E-state index in [0.717, 1.165) is 19.4 Å². The predicted molar refractivity (Wildman–Crippen MR) is 80.3 cm³/mol. The Morgan fingerprint density at radius 3 is 2.58 bits per heavy atom. The van der Waals surface area contributed by atoms with Gasteiger partial charge in [-0.1, -0.05) is 30.3 Å². The van der Waals surface area contributed by atoms with Gasteiger partial charge in [-0.15, -0.1) is 11.3 Å². The summed E-state index contributed by atoms with van der Waals surface area (Å²) in [5.74, 6) is 0. The SMILES string of the molecule is OCC1(NCc2cc(-c3ccccc3)cs2)CCC1. The van der Waals surface area contributed by atoms with Gasteiger partial charge in [-0.25, -0.2) is 0 Å². The van der Waals surface area contributed by atoms with E-state index in [2.05, 4.69) is 41.0 Å². The van der Waals surface area contributed by atoms with Crippen LogP contribution < -0.4 is 5.32 Å². The topological polar surface area (TPSA) is 32.3 Å². The first kappa shape index (κ1) is 12.9. The van der Waals surface area contributed by atoms with Crippen molar-refractivity contribution >= 4 is 11.3 Å². The molecule has 3 rings (SSSR count). The molecule has 1 saturated carbocycles. The molecule has 1 aliphatic carbocycles. The first-order valence-corrected chi connectivity index (χ1v) is 7.68. The summed E-state index contributed by atoms with van der Waals surface area (Å²) in [6.45, 7) is 1.11. The zero-order valence-corrected chi connectivity index (χ0v) is 11.7. The van der Waals surface area contributed by atoms with Crippen molar-refractivity contribution in [2.45, 2.75) is 31.3 Å². The highest BCUT2D eigenvalue weighted by Crippen LogP contribution is 2.32. The van der Waals surface area contributed by atoms with Gasteiger partial charge in [0.15, 0.2) is 0 Å². The fourth-order valence-electron chi connectivity index (χ4n) is 2.52. The van der Waals surface area contributed by atoms with Crippen LogP contribution in [0.5, 0.6) is 0 Å². The molecule has 1 aliphatic rings. The molecule has 0 saturated heterocycles. The van der Waals surface area contributed by atoms with Gasteiger partial charge in [-0.2, -0.15) is 0 Å². The molecule has 0 atom stereocenters. The van der Waals surface area contributed by atoms with Crippen molar-refractivity contribution in [2.24, 2.45) is 0 Å². The molecular formula is C16H19NOS. The van der Waals surface area contributed by atoms with Crippen molar-refractivity contribution in [3.8, 4) is 11.1 Å². The van der Waals surface area contributed by atoms with Crippen molar-refractivity contribution in [3.63, 3.8) is 0 Å². The molecule has 1 aromatic heterocycles. The molecule has 1 aromatic carbocycles. The summed E-state index contributed by atoms with van der Waals surface area (Å²) in [5.41, 5.74) is 2.55. The third kappa shape index (κ3) is 2.73. The Labute approximate surface area is 118 Å². The summed E-state index contributed by atoms with van der Waals surface area (Å²) in [6, 6.07) is 12.7. The van der Waals surface area contributed by atoms with Crippen molar-refractivity contribution in [1.82, 2.24) is 5.32 Å². The minimum absolute atomic E-state index is 0.00308. The van der Waals surface area contributed by atoms with Crippen LogP contribution in [0.3, 0.4) is 0 Å². The van der Waals surface area contributed by atoms with E-state index < -0.39 is 0 Å². The lowest BCUT2D eigenvalue weighted by atomic mass is 9.77. The second-order valence-electron chi connectivity index (χ2n) is 5.31. The summed E-state index contributed by atoms with van der Waals surface area (Å²) in [6.07, 6.45) is 3.42. The molecule has 2 nitrogen and oxygen atoms in total. The summed E-state index contributed by atoms with van der Waals surface area (Å²) in [5, 5.41) is 15.2. The molecule has 0 amide bonds. The quantitative estimate of drug-likeness (QED) is 0.875. The first-order valence-electron chi connectivity index (χ1n) is 6.80. The van der Waals surface area contributed by atoms with E-state index in [1.165, 1.54) is 22.4 Å². The fourth-order valence-corrected chi connectivity index (χ4v) is 3.36. The number of thiophene rings is 1. The van der Waals surface area contributed by atoms with Gasteiger partial charge in [-0.05, 0) is 41.8 Å². The van der Waals surface area contributed by atoms with E-state index in [9.17, 15) is 5.11 Å². The van der Waals surface area contributed by atoms with Crippen molar-refractivity contribution in [1.29, 1.82) is 0 Å². The molecule has 0 unspecified atom stereocenters. The maximum Gasteiger partial charge on any atom is 0.0613 e. The third-order valence-corrected chi connectivity index (χ3v) is 4.95. The molecular weight excluding hydrogens is 254 g/mol. The Bertz CT molecular complexity index is 525. The van der Waals surface area contributed by atoms with Crippen molar-refractivity contribution < 1.29 is 5.11 Å². The van der Waals surface area contributed by atoms with Crippen LogP contribution in [0.1, 0.15) is 24.1 Å². The van der Waals surface area contributed by atoms with Gasteiger partial charge in [0.2, 0.25) is 0 Å². The molecule has 19 heavy (non-hydrogen) atoms. The Morgan fingerprint density at radius 1 is 1.16 bits per heavy atom. The van der Waals surface area contributed by atoms with E-state index in [1.54, 1.807) is 11.3 Å². The van der Waals surface area contributed by atoms with Crippen LogP contribution in [0.25, 0.3) is 11.1 Å². The molecule has 100 valence electrons. The minimum Gasteiger partial charge on any atom is -0.394 e. The first-order chi connectivity index (χ1) is 9.31. The zero-order chi connectivity index (χ0) is 13.1. The number of benzene rings is 1. The van der Waals surface area contributed by atoms with Gasteiger partial charge in [0.05, 0.1) is 6.61 Å². The molecule has 0 spiro atoms. The molecule has 0 aliphatic heterocycles. The normalized spacial score (nSPS) is 17.1. The van der Waals surface area contributed by atoms with Gasteiger partial charge in [0.25, 0.3) is 0 Å². The van der Waals surface area contributed by atoms with Crippen molar-refractivity contribution in [3.05, 3.63) is 46.7 Å². The highest BCUT2D eigenvalue weighted by molar-refractivity contribution is 7.10. The molecule has 2 aromatic rings. The van der Waals surface area contributed by atoms with Crippen LogP contribution in [0.15, 0.2) is 41.8 Å². The molecule has 1 heterocycles. The molecule has 1 fully saturated rings. The van der Waals surface area contributed by atoms with E-state index in [4.69, 9.17) is 0 Å². The van der Waals surface area contributed by atoms with Crippen LogP contribution >= 0.6 is 11.3 Å². The van der Waals surface area contributed by atoms with E-state index >= 15 is 0 Å². The zero-order valence-electron chi connectivity index (χ0n) is 10.9. The monoisotopic (exact) mass is 273 g/mol. The van der Waals surface area contributed by atoms with Gasteiger partial charge >= 0.3 is 0 Å². The lowest BCUT2D eigenvalue weighted by Crippen LogP contribution is -2.53. The Hall–Kier alpha value is -1.16. The summed E-state index contributed by atoms with van der Waals surface area (Å²) < 4.78 is 0. The van der Waals surface area contributed by atoms with Gasteiger partial charge < -0.3 is 10.4 Å². The molecule has 0 radical (unpaired) electrons. The lowest BCUT2D eigenvalue weighted by Gasteiger charge is -2.41. The van der Waals surface area contributed by atoms with Crippen LogP contribution in [0.2, 0.25) is 0 Å². The summed E-state index contributed by atoms with van der Waals surface area (Å²) in [4.78, 5) is 1.33. The fraction of sp³-hybridized carbons (Fsp3) is 0.375. The molecule has 0 bridgehead atoms. The maximum atomic E-state index is 9.44. The molecule has 3 heteroatoms. The van der Waals surface area contributed by atoms with Gasteiger partial charge in [-0.3, -0.25) is 0 Å². The minimum atomic E-state index is -0.00308. The predicted octanol–water partition coefficient (Wildman–Crippen LogP) is 3.42. The van der Waals surface area contributed by atoms with Crippen molar-refractivity contribution in [2.75, 3.05) is 6.61 Å². The standard InChI is InChI=1S/C16H19NOS/c18-12-16(7-4-8-16)17-10-15-9-14(11-19-15)13-5-2-1-3-6-13/h1-3,5-6,9,11,17-18H,4,7-8,10,12H2. The Kier molecular flexibility index (Phi) is 3.69. The second-order valence-corrected chi connectivity index (χ2v) is 6.31. The smallest absolute Gasteiger partial charge is 0.0613 e. The number of hydrogen-bond acceptors (Lipinski definition) is 3. The highest BCUT2D eigenvalue weighted by Gasteiger charge is 2.35. The second kappa shape index (κ2) is 5.45. The Morgan fingerprint density at radius 2 is 1.95 bits per heavy atom. The van der Waals surface area contributed by atoms with Crippen LogP contribution in [0.4, 0.5) is 0 Å². The van der Waals surface area contributed by atoms with Gasteiger partial charge in [0.1, 0.15) is 0 Å². The molecule has 2 N–H and O–H groups in total. The largest absolute Gasteiger partial charge is 0.394 e. The summed E-state index contributed by atoms with van der Waals surface area (Å²) in [7, 11) is 0. The maximum absolute atomic E-state index is 9.44. The third-order valence-electron chi connectivity index (χ3n) is 4.01. The Balaban J connectivity index is 1.65. The lowest BCUT2D eigenvalue weighted by molar-refractivity contribution is 0.0875. The average molecular weight is 273 g/mol. The number of aliphatic hydroxyl groups is 1. The van der Waals surface area contributed by atoms with Crippen LogP contribution in [-0.2, 0) is 6.54 Å². The van der Waals surface area contributed by atoms with Crippen LogP contribution in [0, 0.1) is 0 Å². The van der Waals surface area contributed by atoms with Gasteiger partial charge in [0, 0.05) is 17.0 Å². The number of rotatable bonds is 5. The highest BCUT2D eigenvalue weighted by atomic mass is 32.1. The van der Waals surface area contributed by atoms with E-state index in [-0.39, 0.29) is 12.1 Å². The number of aliphatic hydroxyl groups excluding tert-OH is 1. The average Bonchev–Trinajstić information content (AvgIpc) is 2.88. The van der Waals surface area contributed by atoms with E-state index in [1.807, 2.05) is 6.07 Å². The number of hydrogen-bond donors (Lipinski definition) is 2. The van der Waals surface area contributed by atoms with E-state index in [0.29, 0.717) is 0 Å². The van der Waals surface area contributed by atoms with Crippen LogP contribution in [-0.4, -0.2) is 17.3 Å². The summed E-state index contributed by atoms with van der Waals surface area (Å²) >= 11 is 1.79.